The molecule has 1 N–H and O–H groups in total. The summed E-state index contributed by atoms with van der Waals surface area (Å²) in [6.45, 7) is 8.72. The zero-order chi connectivity index (χ0) is 27.3. The standard InChI is InChI=1S/C26H37N3O6S/c1-18-11-9-10-12-20(18)16-28(19(2)25(31)27-26(3,4)5)24(30)17-29(36(8,32)33)22-15-21(34-6)13-14-23(22)35-7/h9-15,19H,16-17H2,1-8H3,(H,27,31)/t19-/m0/s1. The number of methoxy groups -OCH3 is 2. The number of carbonyl (C=O) groups excluding carboxylic acids is 2. The summed E-state index contributed by atoms with van der Waals surface area (Å²) >= 11 is 0. The summed E-state index contributed by atoms with van der Waals surface area (Å²) in [6, 6.07) is 11.4. The molecule has 0 aliphatic rings. The molecule has 0 aliphatic heterocycles. The molecule has 0 saturated heterocycles. The van der Waals surface area contributed by atoms with E-state index in [2.05, 4.69) is 5.32 Å². The lowest BCUT2D eigenvalue weighted by molar-refractivity contribution is -0.140. The quantitative estimate of drug-likeness (QED) is 0.517. The number of nitrogens with zero attached hydrogens (tertiary/aromatic N) is 2. The third-order valence-electron chi connectivity index (χ3n) is 5.60. The van der Waals surface area contributed by atoms with E-state index < -0.39 is 34.1 Å². The Labute approximate surface area is 214 Å². The molecular formula is C26H37N3O6S. The van der Waals surface area contributed by atoms with Gasteiger partial charge in [-0.15, -0.1) is 0 Å². The van der Waals surface area contributed by atoms with Gasteiger partial charge in [0, 0.05) is 18.2 Å². The molecule has 0 aliphatic carbocycles. The van der Waals surface area contributed by atoms with E-state index in [1.807, 2.05) is 52.0 Å². The first kappa shape index (κ1) is 29.0. The maximum Gasteiger partial charge on any atom is 0.244 e. The highest BCUT2D eigenvalue weighted by molar-refractivity contribution is 7.92. The van der Waals surface area contributed by atoms with Crippen LogP contribution < -0.4 is 19.1 Å². The number of benzene rings is 2. The molecule has 0 aromatic heterocycles. The average Bonchev–Trinajstić information content (AvgIpc) is 2.79. The number of sulfonamides is 1. The molecule has 0 spiro atoms. The monoisotopic (exact) mass is 519 g/mol. The number of anilines is 1. The van der Waals surface area contributed by atoms with Gasteiger partial charge in [0.1, 0.15) is 24.1 Å². The van der Waals surface area contributed by atoms with Crippen molar-refractivity contribution >= 4 is 27.5 Å². The van der Waals surface area contributed by atoms with Crippen LogP contribution in [-0.4, -0.2) is 63.7 Å². The fourth-order valence-corrected chi connectivity index (χ4v) is 4.46. The second-order valence-corrected chi connectivity index (χ2v) is 11.6. The van der Waals surface area contributed by atoms with E-state index in [1.54, 1.807) is 19.1 Å². The first-order valence-corrected chi connectivity index (χ1v) is 13.4. The third-order valence-corrected chi connectivity index (χ3v) is 6.73. The zero-order valence-electron chi connectivity index (χ0n) is 22.3. The number of hydrogen-bond donors (Lipinski definition) is 1. The van der Waals surface area contributed by atoms with Gasteiger partial charge in [0.15, 0.2) is 0 Å². The smallest absolute Gasteiger partial charge is 0.244 e. The van der Waals surface area contributed by atoms with Gasteiger partial charge in [-0.3, -0.25) is 13.9 Å². The molecule has 0 radical (unpaired) electrons. The van der Waals surface area contributed by atoms with Crippen molar-refractivity contribution in [3.05, 3.63) is 53.6 Å². The maximum atomic E-state index is 13.7. The Balaban J connectivity index is 2.51. The molecule has 2 amide bonds. The van der Waals surface area contributed by atoms with Crippen molar-refractivity contribution in [1.29, 1.82) is 0 Å². The summed E-state index contributed by atoms with van der Waals surface area (Å²) < 4.78 is 37.3. The largest absolute Gasteiger partial charge is 0.497 e. The van der Waals surface area contributed by atoms with Crippen LogP contribution in [0.4, 0.5) is 5.69 Å². The summed E-state index contributed by atoms with van der Waals surface area (Å²) in [5.41, 5.74) is 1.46. The van der Waals surface area contributed by atoms with Crippen molar-refractivity contribution in [1.82, 2.24) is 10.2 Å². The van der Waals surface area contributed by atoms with Gasteiger partial charge in [-0.1, -0.05) is 24.3 Å². The molecule has 0 fully saturated rings. The van der Waals surface area contributed by atoms with Gasteiger partial charge in [0.25, 0.3) is 0 Å². The minimum atomic E-state index is -3.91. The second kappa shape index (κ2) is 11.6. The number of ether oxygens (including phenoxy) is 2. The number of rotatable bonds is 10. The van der Waals surface area contributed by atoms with Crippen LogP contribution in [0.3, 0.4) is 0 Å². The van der Waals surface area contributed by atoms with E-state index in [9.17, 15) is 18.0 Å². The predicted molar refractivity (Wildman–Crippen MR) is 141 cm³/mol. The Bertz CT molecular complexity index is 1190. The van der Waals surface area contributed by atoms with Crippen LogP contribution in [0.2, 0.25) is 0 Å². The molecule has 0 saturated carbocycles. The summed E-state index contributed by atoms with van der Waals surface area (Å²) in [7, 11) is -1.04. The molecule has 1 atom stereocenters. The van der Waals surface area contributed by atoms with Crippen LogP contribution in [-0.2, 0) is 26.2 Å². The highest BCUT2D eigenvalue weighted by atomic mass is 32.2. The molecule has 9 nitrogen and oxygen atoms in total. The van der Waals surface area contributed by atoms with E-state index >= 15 is 0 Å². The summed E-state index contributed by atoms with van der Waals surface area (Å²) in [5.74, 6) is -0.209. The first-order valence-electron chi connectivity index (χ1n) is 11.5. The fourth-order valence-electron chi connectivity index (χ4n) is 3.61. The van der Waals surface area contributed by atoms with E-state index in [4.69, 9.17) is 9.47 Å². The summed E-state index contributed by atoms with van der Waals surface area (Å²) in [4.78, 5) is 28.2. The highest BCUT2D eigenvalue weighted by Gasteiger charge is 2.32. The van der Waals surface area contributed by atoms with E-state index in [-0.39, 0.29) is 23.9 Å². The van der Waals surface area contributed by atoms with E-state index in [0.29, 0.717) is 5.75 Å². The molecule has 10 heteroatoms. The van der Waals surface area contributed by atoms with E-state index in [0.717, 1.165) is 21.7 Å². The minimum Gasteiger partial charge on any atom is -0.497 e. The fraction of sp³-hybridized carbons (Fsp3) is 0.462. The Kier molecular flexibility index (Phi) is 9.37. The van der Waals surface area contributed by atoms with Crippen molar-refractivity contribution in [3.63, 3.8) is 0 Å². The van der Waals surface area contributed by atoms with Crippen LogP contribution >= 0.6 is 0 Å². The number of carbonyl (C=O) groups is 2. The number of amides is 2. The maximum absolute atomic E-state index is 13.7. The van der Waals surface area contributed by atoms with Crippen molar-refractivity contribution in [2.24, 2.45) is 0 Å². The Morgan fingerprint density at radius 1 is 1.06 bits per heavy atom. The van der Waals surface area contributed by atoms with Crippen molar-refractivity contribution in [2.75, 3.05) is 31.3 Å². The van der Waals surface area contributed by atoms with Gasteiger partial charge in [0.2, 0.25) is 21.8 Å². The number of aryl methyl sites for hydroxylation is 1. The lowest BCUT2D eigenvalue weighted by Crippen LogP contribution is -2.54. The molecular weight excluding hydrogens is 482 g/mol. The van der Waals surface area contributed by atoms with Gasteiger partial charge in [0.05, 0.1) is 26.2 Å². The second-order valence-electron chi connectivity index (χ2n) is 9.67. The number of hydrogen-bond acceptors (Lipinski definition) is 6. The van der Waals surface area contributed by atoms with Gasteiger partial charge in [-0.25, -0.2) is 8.42 Å². The topological polar surface area (TPSA) is 105 Å². The van der Waals surface area contributed by atoms with E-state index in [1.165, 1.54) is 25.2 Å². The van der Waals surface area contributed by atoms with Crippen molar-refractivity contribution < 1.29 is 27.5 Å². The zero-order valence-corrected chi connectivity index (χ0v) is 23.1. The van der Waals surface area contributed by atoms with Crippen LogP contribution in [0.15, 0.2) is 42.5 Å². The van der Waals surface area contributed by atoms with Gasteiger partial charge < -0.3 is 19.7 Å². The lowest BCUT2D eigenvalue weighted by atomic mass is 10.1. The third kappa shape index (κ3) is 7.61. The lowest BCUT2D eigenvalue weighted by Gasteiger charge is -2.33. The highest BCUT2D eigenvalue weighted by Crippen LogP contribution is 2.34. The van der Waals surface area contributed by atoms with Crippen LogP contribution in [0.1, 0.15) is 38.8 Å². The molecule has 0 bridgehead atoms. The van der Waals surface area contributed by atoms with Gasteiger partial charge in [-0.2, -0.15) is 0 Å². The first-order chi connectivity index (χ1) is 16.7. The minimum absolute atomic E-state index is 0.136. The Morgan fingerprint density at radius 3 is 2.22 bits per heavy atom. The Morgan fingerprint density at radius 2 is 1.69 bits per heavy atom. The van der Waals surface area contributed by atoms with Gasteiger partial charge in [-0.05, 0) is 57.9 Å². The SMILES string of the molecule is COc1ccc(OC)c(N(CC(=O)N(Cc2ccccc2C)[C@@H](C)C(=O)NC(C)(C)C)S(C)(=O)=O)c1. The molecule has 36 heavy (non-hydrogen) atoms. The van der Waals surface area contributed by atoms with Gasteiger partial charge >= 0.3 is 0 Å². The van der Waals surface area contributed by atoms with Crippen LogP contribution in [0.5, 0.6) is 11.5 Å². The Hall–Kier alpha value is -3.27. The van der Waals surface area contributed by atoms with Crippen LogP contribution in [0.25, 0.3) is 0 Å². The normalized spacial score (nSPS) is 12.4. The average molecular weight is 520 g/mol. The summed E-state index contributed by atoms with van der Waals surface area (Å²) in [6.07, 6.45) is 1.01. The molecule has 2 aromatic rings. The number of nitrogens with one attached hydrogen (secondary N) is 1. The molecule has 0 unspecified atom stereocenters. The van der Waals surface area contributed by atoms with Crippen molar-refractivity contribution in [3.8, 4) is 11.5 Å². The van der Waals surface area contributed by atoms with Crippen molar-refractivity contribution in [2.45, 2.75) is 52.7 Å². The summed E-state index contributed by atoms with van der Waals surface area (Å²) in [5, 5.41) is 2.90. The molecule has 2 rings (SSSR count). The molecule has 198 valence electrons. The predicted octanol–water partition coefficient (Wildman–Crippen LogP) is 3.11. The molecule has 0 heterocycles. The van der Waals surface area contributed by atoms with Crippen LogP contribution in [0, 0.1) is 6.92 Å². The molecule has 2 aromatic carbocycles.